The Labute approximate surface area is 150 Å². The van der Waals surface area contributed by atoms with Crippen molar-refractivity contribution >= 4 is 23.5 Å². The first-order chi connectivity index (χ1) is 11.8. The molecule has 7 heteroatoms. The molecule has 2 aromatic rings. The van der Waals surface area contributed by atoms with E-state index in [0.717, 1.165) is 15.5 Å². The molecule has 25 heavy (non-hydrogen) atoms. The van der Waals surface area contributed by atoms with E-state index in [1.54, 1.807) is 43.3 Å². The number of carbonyl (C=O) groups is 1. The van der Waals surface area contributed by atoms with Crippen molar-refractivity contribution in [3.05, 3.63) is 70.5 Å². The maximum Gasteiger partial charge on any atom is 0.271 e. The number of aryl methyl sites for hydroxylation is 1. The number of amidine groups is 1. The van der Waals surface area contributed by atoms with E-state index in [9.17, 15) is 9.18 Å². The highest BCUT2D eigenvalue weighted by Crippen LogP contribution is 2.25. The summed E-state index contributed by atoms with van der Waals surface area (Å²) in [5.74, 6) is -1.13. The van der Waals surface area contributed by atoms with Crippen LogP contribution in [-0.4, -0.2) is 23.3 Å². The minimum absolute atomic E-state index is 0.0419. The predicted molar refractivity (Wildman–Crippen MR) is 94.7 cm³/mol. The largest absolute Gasteiger partial charge is 0.384 e. The van der Waals surface area contributed by atoms with Gasteiger partial charge in [0.15, 0.2) is 6.10 Å². The number of benzene rings is 2. The number of methoxy groups -OCH3 is 1. The van der Waals surface area contributed by atoms with Crippen LogP contribution in [0.2, 0.25) is 0 Å². The van der Waals surface area contributed by atoms with Crippen molar-refractivity contribution in [3.63, 3.8) is 0 Å². The quantitative estimate of drug-likeness (QED) is 0.469. The van der Waals surface area contributed by atoms with Crippen molar-refractivity contribution in [1.82, 2.24) is 4.42 Å². The van der Waals surface area contributed by atoms with Gasteiger partial charge in [-0.2, -0.15) is 0 Å². The summed E-state index contributed by atoms with van der Waals surface area (Å²) in [6, 6.07) is 11.2. The molecule has 0 heterocycles. The van der Waals surface area contributed by atoms with Crippen LogP contribution in [0, 0.1) is 18.2 Å². The Morgan fingerprint density at radius 2 is 1.96 bits per heavy atom. The summed E-state index contributed by atoms with van der Waals surface area (Å²) < 4.78 is 20.2. The Balaban J connectivity index is 2.16. The van der Waals surface area contributed by atoms with Gasteiger partial charge in [-0.05, 0) is 18.6 Å². The van der Waals surface area contributed by atoms with Gasteiger partial charge in [-0.15, -0.1) is 0 Å². The first-order valence-corrected chi connectivity index (χ1v) is 7.86. The number of rotatable bonds is 6. The summed E-state index contributed by atoms with van der Waals surface area (Å²) in [6.07, 6.45) is -1.13. The summed E-state index contributed by atoms with van der Waals surface area (Å²) >= 11 is 6.10. The lowest BCUT2D eigenvalue weighted by Gasteiger charge is -2.21. The Kier molecular flexibility index (Phi) is 6.12. The Morgan fingerprint density at radius 3 is 2.52 bits per heavy atom. The van der Waals surface area contributed by atoms with E-state index >= 15 is 0 Å². The lowest BCUT2D eigenvalue weighted by atomic mass is 10.0. The Morgan fingerprint density at radius 1 is 1.32 bits per heavy atom. The maximum absolute atomic E-state index is 14.1. The molecule has 1 atom stereocenters. The van der Waals surface area contributed by atoms with Crippen molar-refractivity contribution in [2.45, 2.75) is 19.6 Å². The van der Waals surface area contributed by atoms with E-state index in [2.05, 4.69) is 0 Å². The van der Waals surface area contributed by atoms with Gasteiger partial charge in [0.25, 0.3) is 5.91 Å². The molecule has 0 radical (unpaired) electrons. The summed E-state index contributed by atoms with van der Waals surface area (Å²) in [7, 11) is 1.33. The van der Waals surface area contributed by atoms with Crippen LogP contribution in [0.1, 0.15) is 28.4 Å². The second-order valence-electron chi connectivity index (χ2n) is 5.61. The van der Waals surface area contributed by atoms with Gasteiger partial charge in [-0.25, -0.2) is 8.81 Å². The number of halogens is 2. The van der Waals surface area contributed by atoms with E-state index in [1.807, 2.05) is 0 Å². The van der Waals surface area contributed by atoms with Crippen LogP contribution >= 0.6 is 11.8 Å². The SMILES string of the molecule is COC(C(=O)N(Cl)Cc1ccc(C(=N)N)cc1)c1cc(C)ccc1F. The number of nitrogens with one attached hydrogen (secondary N) is 1. The van der Waals surface area contributed by atoms with E-state index in [-0.39, 0.29) is 17.9 Å². The van der Waals surface area contributed by atoms with Crippen LogP contribution in [0.3, 0.4) is 0 Å². The molecule has 0 bridgehead atoms. The van der Waals surface area contributed by atoms with Crippen LogP contribution < -0.4 is 5.73 Å². The summed E-state index contributed by atoms with van der Waals surface area (Å²) in [6.45, 7) is 1.90. The van der Waals surface area contributed by atoms with Crippen molar-refractivity contribution in [1.29, 1.82) is 5.41 Å². The highest BCUT2D eigenvalue weighted by atomic mass is 35.5. The van der Waals surface area contributed by atoms with E-state index in [0.29, 0.717) is 5.56 Å². The third-order valence-corrected chi connectivity index (χ3v) is 4.01. The molecule has 1 amide bonds. The van der Waals surface area contributed by atoms with Crippen LogP contribution in [0.4, 0.5) is 4.39 Å². The van der Waals surface area contributed by atoms with Crippen molar-refractivity contribution in [3.8, 4) is 0 Å². The number of ether oxygens (including phenoxy) is 1. The predicted octanol–water partition coefficient (Wildman–Crippen LogP) is 3.29. The van der Waals surface area contributed by atoms with Gasteiger partial charge in [0, 0.05) is 30.0 Å². The molecule has 0 aliphatic heterocycles. The number of amides is 1. The molecule has 0 aromatic heterocycles. The molecule has 0 aliphatic carbocycles. The van der Waals surface area contributed by atoms with Gasteiger partial charge in [0.05, 0.1) is 6.54 Å². The lowest BCUT2D eigenvalue weighted by Crippen LogP contribution is -2.29. The Hall–Kier alpha value is -2.44. The molecule has 0 fully saturated rings. The number of nitrogens with two attached hydrogens (primary N) is 1. The van der Waals surface area contributed by atoms with Crippen molar-refractivity contribution < 1.29 is 13.9 Å². The number of nitrogens with zero attached hydrogens (tertiary/aromatic N) is 1. The minimum Gasteiger partial charge on any atom is -0.384 e. The standard InChI is InChI=1S/C18H19ClFN3O2/c1-11-3-8-15(20)14(9-11)16(25-2)18(24)23(19)10-12-4-6-13(7-5-12)17(21)22/h3-9,16H,10H2,1-2H3,(H3,21,22). The summed E-state index contributed by atoms with van der Waals surface area (Å²) in [5.41, 5.74) is 7.68. The third kappa shape index (κ3) is 4.55. The van der Waals surface area contributed by atoms with Crippen LogP contribution in [-0.2, 0) is 16.1 Å². The van der Waals surface area contributed by atoms with E-state index < -0.39 is 17.8 Å². The fraction of sp³-hybridized carbons (Fsp3) is 0.222. The van der Waals surface area contributed by atoms with Crippen molar-refractivity contribution in [2.75, 3.05) is 7.11 Å². The zero-order valence-corrected chi connectivity index (χ0v) is 14.7. The zero-order chi connectivity index (χ0) is 18.6. The molecule has 3 N–H and O–H groups in total. The molecule has 132 valence electrons. The molecule has 1 unspecified atom stereocenters. The zero-order valence-electron chi connectivity index (χ0n) is 13.9. The van der Waals surface area contributed by atoms with Gasteiger partial charge in [-0.1, -0.05) is 42.0 Å². The van der Waals surface area contributed by atoms with Crippen LogP contribution in [0.5, 0.6) is 0 Å². The average molecular weight is 364 g/mol. The van der Waals surface area contributed by atoms with E-state index in [1.165, 1.54) is 13.2 Å². The highest BCUT2D eigenvalue weighted by molar-refractivity contribution is 6.21. The molecule has 2 aromatic carbocycles. The van der Waals surface area contributed by atoms with Gasteiger partial charge in [0.2, 0.25) is 0 Å². The van der Waals surface area contributed by atoms with E-state index in [4.69, 9.17) is 27.7 Å². The van der Waals surface area contributed by atoms with Gasteiger partial charge in [0.1, 0.15) is 11.7 Å². The molecule has 0 saturated carbocycles. The number of carbonyl (C=O) groups excluding carboxylic acids is 1. The van der Waals surface area contributed by atoms with Gasteiger partial charge >= 0.3 is 0 Å². The summed E-state index contributed by atoms with van der Waals surface area (Å²) in [5, 5.41) is 7.36. The fourth-order valence-corrected chi connectivity index (χ4v) is 2.61. The summed E-state index contributed by atoms with van der Waals surface area (Å²) in [4.78, 5) is 12.6. The molecule has 0 saturated heterocycles. The number of nitrogen functional groups attached to an aromatic ring is 1. The normalized spacial score (nSPS) is 11.8. The molecule has 5 nitrogen and oxygen atoms in total. The topological polar surface area (TPSA) is 79.4 Å². The molecule has 2 rings (SSSR count). The molecule has 0 spiro atoms. The van der Waals surface area contributed by atoms with Gasteiger partial charge in [-0.3, -0.25) is 10.2 Å². The molecule has 0 aliphatic rings. The monoisotopic (exact) mass is 363 g/mol. The van der Waals surface area contributed by atoms with Crippen LogP contribution in [0.15, 0.2) is 42.5 Å². The highest BCUT2D eigenvalue weighted by Gasteiger charge is 2.27. The molecular weight excluding hydrogens is 345 g/mol. The number of hydrogen-bond acceptors (Lipinski definition) is 3. The minimum atomic E-state index is -1.13. The fourth-order valence-electron chi connectivity index (χ4n) is 2.38. The molecular formula is C18H19ClFN3O2. The van der Waals surface area contributed by atoms with Crippen molar-refractivity contribution in [2.24, 2.45) is 5.73 Å². The van der Waals surface area contributed by atoms with Crippen LogP contribution in [0.25, 0.3) is 0 Å². The smallest absolute Gasteiger partial charge is 0.271 e. The first-order valence-electron chi connectivity index (χ1n) is 7.52. The second kappa shape index (κ2) is 8.09. The van der Waals surface area contributed by atoms with Gasteiger partial charge < -0.3 is 10.5 Å². The third-order valence-electron chi connectivity index (χ3n) is 3.72. The second-order valence-corrected chi connectivity index (χ2v) is 6.02. The maximum atomic E-state index is 14.1. The average Bonchev–Trinajstić information content (AvgIpc) is 2.58. The first kappa shape index (κ1) is 18.9. The lowest BCUT2D eigenvalue weighted by molar-refractivity contribution is -0.138. The number of hydrogen-bond donors (Lipinski definition) is 2. The Bertz CT molecular complexity index is 780.